The fraction of sp³-hybridized carbons (Fsp3) is 0.0526. The van der Waals surface area contributed by atoms with Crippen LogP contribution in [-0.2, 0) is 0 Å². The third-order valence-electron chi connectivity index (χ3n) is 8.35. The van der Waals surface area contributed by atoms with Crippen LogP contribution >= 0.6 is 0 Å². The van der Waals surface area contributed by atoms with Crippen LogP contribution in [0.4, 0.5) is 0 Å². The van der Waals surface area contributed by atoms with E-state index in [1.54, 1.807) is 0 Å². The minimum absolute atomic E-state index is 0.609. The Morgan fingerprint density at radius 2 is 1.10 bits per heavy atom. The zero-order valence-electron chi connectivity index (χ0n) is 23.3. The van der Waals surface area contributed by atoms with Gasteiger partial charge in [0.2, 0.25) is 0 Å². The van der Waals surface area contributed by atoms with Crippen LogP contribution < -0.4 is 0 Å². The van der Waals surface area contributed by atoms with Gasteiger partial charge in [-0.3, -0.25) is 4.98 Å². The summed E-state index contributed by atoms with van der Waals surface area (Å²) in [6.45, 7) is 4.27. The normalized spacial score (nSPS) is 11.5. The minimum Gasteiger partial charge on any atom is -0.309 e. The van der Waals surface area contributed by atoms with E-state index in [4.69, 9.17) is 0 Å². The molecular formula is C38H26N4. The number of aromatic nitrogens is 3. The molecule has 0 bridgehead atoms. The maximum absolute atomic E-state index is 9.99. The summed E-state index contributed by atoms with van der Waals surface area (Å²) >= 11 is 0. The van der Waals surface area contributed by atoms with Crippen molar-refractivity contribution in [3.8, 4) is 28.6 Å². The van der Waals surface area contributed by atoms with Crippen LogP contribution in [0.3, 0.4) is 0 Å². The van der Waals surface area contributed by atoms with Gasteiger partial charge < -0.3 is 9.13 Å². The molecule has 0 saturated heterocycles. The van der Waals surface area contributed by atoms with Gasteiger partial charge in [-0.15, -0.1) is 0 Å². The predicted octanol–water partition coefficient (Wildman–Crippen LogP) is 9.43. The van der Waals surface area contributed by atoms with Gasteiger partial charge >= 0.3 is 0 Å². The van der Waals surface area contributed by atoms with Crippen molar-refractivity contribution >= 4 is 43.6 Å². The van der Waals surface area contributed by atoms with Gasteiger partial charge in [-0.1, -0.05) is 59.7 Å². The van der Waals surface area contributed by atoms with Crippen LogP contribution in [0.15, 0.2) is 122 Å². The Balaban J connectivity index is 1.49. The molecule has 0 aliphatic carbocycles. The number of pyridine rings is 1. The lowest BCUT2D eigenvalue weighted by Crippen LogP contribution is -2.02. The molecule has 0 amide bonds. The van der Waals surface area contributed by atoms with Gasteiger partial charge in [-0.05, 0) is 74.5 Å². The molecule has 0 aliphatic heterocycles. The Labute approximate surface area is 243 Å². The molecule has 0 unspecified atom stereocenters. The lowest BCUT2D eigenvalue weighted by Gasteiger charge is -2.18. The van der Waals surface area contributed by atoms with Crippen LogP contribution in [0.2, 0.25) is 0 Å². The molecule has 3 aromatic heterocycles. The van der Waals surface area contributed by atoms with E-state index >= 15 is 0 Å². The van der Waals surface area contributed by atoms with Crippen LogP contribution in [0.25, 0.3) is 66.1 Å². The highest BCUT2D eigenvalue weighted by Crippen LogP contribution is 2.40. The van der Waals surface area contributed by atoms with E-state index in [-0.39, 0.29) is 0 Å². The number of aryl methyl sites for hydroxylation is 2. The maximum Gasteiger partial charge on any atom is 0.0991 e. The number of nitriles is 1. The number of nitrogens with zero attached hydrogens (tertiary/aromatic N) is 4. The van der Waals surface area contributed by atoms with Crippen molar-refractivity contribution in [3.05, 3.63) is 138 Å². The Hall–Kier alpha value is -5.66. The molecule has 0 spiro atoms. The van der Waals surface area contributed by atoms with Crippen LogP contribution in [0.5, 0.6) is 0 Å². The molecule has 0 atom stereocenters. The molecule has 4 nitrogen and oxygen atoms in total. The Bertz CT molecular complexity index is 2400. The van der Waals surface area contributed by atoms with Gasteiger partial charge in [-0.2, -0.15) is 5.26 Å². The average Bonchev–Trinajstić information content (AvgIpc) is 3.53. The molecule has 42 heavy (non-hydrogen) atoms. The molecule has 8 rings (SSSR count). The number of benzene rings is 5. The van der Waals surface area contributed by atoms with Gasteiger partial charge in [0.1, 0.15) is 0 Å². The molecule has 0 N–H and O–H groups in total. The third kappa shape index (κ3) is 3.51. The molecule has 3 heterocycles. The second-order valence-corrected chi connectivity index (χ2v) is 11.0. The zero-order valence-corrected chi connectivity index (χ0v) is 23.3. The highest BCUT2D eigenvalue weighted by Gasteiger charge is 2.20. The second-order valence-electron chi connectivity index (χ2n) is 11.0. The molecule has 8 aromatic rings. The first-order chi connectivity index (χ1) is 20.6. The molecule has 5 aromatic carbocycles. The van der Waals surface area contributed by atoms with Crippen LogP contribution in [0, 0.1) is 25.2 Å². The summed E-state index contributed by atoms with van der Waals surface area (Å²) in [6, 6.07) is 40.8. The second kappa shape index (κ2) is 9.19. The van der Waals surface area contributed by atoms with Crippen molar-refractivity contribution < 1.29 is 0 Å². The highest BCUT2D eigenvalue weighted by molar-refractivity contribution is 6.11. The topological polar surface area (TPSA) is 46.5 Å². The zero-order chi connectivity index (χ0) is 28.4. The third-order valence-corrected chi connectivity index (χ3v) is 8.35. The first-order valence-corrected chi connectivity index (χ1v) is 14.1. The van der Waals surface area contributed by atoms with E-state index in [0.29, 0.717) is 5.56 Å². The molecule has 0 radical (unpaired) electrons. The Morgan fingerprint density at radius 1 is 0.548 bits per heavy atom. The van der Waals surface area contributed by atoms with Crippen molar-refractivity contribution in [2.45, 2.75) is 13.8 Å². The molecular weight excluding hydrogens is 512 g/mol. The van der Waals surface area contributed by atoms with Crippen molar-refractivity contribution in [1.82, 2.24) is 14.1 Å². The Kier molecular flexibility index (Phi) is 5.29. The number of rotatable bonds is 3. The fourth-order valence-electron chi connectivity index (χ4n) is 6.50. The van der Waals surface area contributed by atoms with Crippen LogP contribution in [0.1, 0.15) is 16.7 Å². The van der Waals surface area contributed by atoms with E-state index in [2.05, 4.69) is 131 Å². The van der Waals surface area contributed by atoms with Crippen molar-refractivity contribution in [1.29, 1.82) is 5.26 Å². The average molecular weight is 539 g/mol. The molecule has 0 aliphatic rings. The minimum atomic E-state index is 0.609. The summed E-state index contributed by atoms with van der Waals surface area (Å²) < 4.78 is 4.66. The van der Waals surface area contributed by atoms with Crippen molar-refractivity contribution in [2.24, 2.45) is 0 Å². The standard InChI is InChI=1S/C38H26N4/c1-24-11-14-35-29(19-24)27-7-3-5-9-33(27)41(35)37-16-13-26(22-39)21-31(37)32-23-40-18-17-38(32)42-34-10-6-4-8-28(34)30-20-25(2)12-15-36(30)42/h3-21,23H,1-2H3. The van der Waals surface area contributed by atoms with E-state index in [9.17, 15) is 5.26 Å². The smallest absolute Gasteiger partial charge is 0.0991 e. The van der Waals surface area contributed by atoms with E-state index in [1.807, 2.05) is 24.5 Å². The van der Waals surface area contributed by atoms with E-state index in [0.717, 1.165) is 44.6 Å². The first kappa shape index (κ1) is 24.2. The molecule has 0 fully saturated rings. The monoisotopic (exact) mass is 538 g/mol. The maximum atomic E-state index is 9.99. The van der Waals surface area contributed by atoms with E-state index in [1.165, 1.54) is 32.7 Å². The van der Waals surface area contributed by atoms with Gasteiger partial charge in [0.25, 0.3) is 0 Å². The molecule has 198 valence electrons. The Morgan fingerprint density at radius 3 is 1.69 bits per heavy atom. The first-order valence-electron chi connectivity index (χ1n) is 14.1. The van der Waals surface area contributed by atoms with Gasteiger partial charge in [0, 0.05) is 45.1 Å². The summed E-state index contributed by atoms with van der Waals surface area (Å²) in [5.74, 6) is 0. The quantitative estimate of drug-likeness (QED) is 0.225. The fourth-order valence-corrected chi connectivity index (χ4v) is 6.50. The lowest BCUT2D eigenvalue weighted by atomic mass is 10.00. The van der Waals surface area contributed by atoms with Gasteiger partial charge in [0.15, 0.2) is 0 Å². The van der Waals surface area contributed by atoms with Crippen molar-refractivity contribution in [3.63, 3.8) is 0 Å². The van der Waals surface area contributed by atoms with E-state index < -0.39 is 0 Å². The summed E-state index contributed by atoms with van der Waals surface area (Å²) in [7, 11) is 0. The number of hydrogen-bond acceptors (Lipinski definition) is 2. The number of para-hydroxylation sites is 2. The SMILES string of the molecule is Cc1ccc2c(c1)c1ccccc1n2-c1ccncc1-c1cc(C#N)ccc1-n1c2ccccc2c2cc(C)ccc21. The van der Waals surface area contributed by atoms with Crippen molar-refractivity contribution in [2.75, 3.05) is 0 Å². The molecule has 4 heteroatoms. The van der Waals surface area contributed by atoms with Crippen LogP contribution in [-0.4, -0.2) is 14.1 Å². The molecule has 0 saturated carbocycles. The van der Waals surface area contributed by atoms with Gasteiger partial charge in [-0.25, -0.2) is 0 Å². The van der Waals surface area contributed by atoms with Gasteiger partial charge in [0.05, 0.1) is 45.1 Å². The summed E-state index contributed by atoms with van der Waals surface area (Å²) in [5.41, 5.74) is 11.5. The predicted molar refractivity (Wildman–Crippen MR) is 173 cm³/mol. The number of fused-ring (bicyclic) bond motifs is 6. The summed E-state index contributed by atoms with van der Waals surface area (Å²) in [5, 5.41) is 14.8. The largest absolute Gasteiger partial charge is 0.309 e. The summed E-state index contributed by atoms with van der Waals surface area (Å²) in [4.78, 5) is 4.61. The summed E-state index contributed by atoms with van der Waals surface area (Å²) in [6.07, 6.45) is 3.78. The number of hydrogen-bond donors (Lipinski definition) is 0. The highest BCUT2D eigenvalue weighted by atomic mass is 15.0. The lowest BCUT2D eigenvalue weighted by molar-refractivity contribution is 1.14.